The van der Waals surface area contributed by atoms with Crippen LogP contribution in [0.2, 0.25) is 10.0 Å². The van der Waals surface area contributed by atoms with Crippen molar-refractivity contribution in [3.63, 3.8) is 0 Å². The van der Waals surface area contributed by atoms with Crippen LogP contribution in [0.15, 0.2) is 36.4 Å². The zero-order chi connectivity index (χ0) is 12.7. The lowest BCUT2D eigenvalue weighted by Gasteiger charge is -2.22. The molecule has 2 aromatic rings. The molecule has 0 aliphatic carbocycles. The normalized spacial score (nSPS) is 13.8. The van der Waals surface area contributed by atoms with Crippen LogP contribution in [0, 0.1) is 0 Å². The second-order valence-corrected chi connectivity index (χ2v) is 5.18. The van der Waals surface area contributed by atoms with Crippen molar-refractivity contribution in [2.24, 2.45) is 0 Å². The van der Waals surface area contributed by atoms with E-state index in [-0.39, 0.29) is 0 Å². The average molecular weight is 279 g/mol. The molecule has 1 aliphatic heterocycles. The molecule has 0 amide bonds. The van der Waals surface area contributed by atoms with E-state index in [1.54, 1.807) is 12.1 Å². The predicted molar refractivity (Wildman–Crippen MR) is 78.0 cm³/mol. The Hall–Kier alpha value is -1.38. The van der Waals surface area contributed by atoms with Crippen LogP contribution in [0.1, 0.15) is 5.56 Å². The van der Waals surface area contributed by atoms with Crippen LogP contribution >= 0.6 is 23.2 Å². The number of anilines is 3. The number of benzene rings is 2. The Bertz CT molecular complexity index is 587. The van der Waals surface area contributed by atoms with Gasteiger partial charge < -0.3 is 10.6 Å². The van der Waals surface area contributed by atoms with Gasteiger partial charge in [-0.05, 0) is 30.2 Å². The van der Waals surface area contributed by atoms with Crippen molar-refractivity contribution in [3.05, 3.63) is 52.0 Å². The molecule has 0 spiro atoms. The molecule has 1 aliphatic rings. The van der Waals surface area contributed by atoms with Gasteiger partial charge in [-0.25, -0.2) is 0 Å². The number of halogens is 2. The molecule has 0 bridgehead atoms. The SMILES string of the molecule is Nc1cc(Cl)c(N2CCc3ccccc32)c(Cl)c1. The van der Waals surface area contributed by atoms with Gasteiger partial charge in [0.1, 0.15) is 0 Å². The van der Waals surface area contributed by atoms with Crippen LogP contribution in [0.4, 0.5) is 17.1 Å². The lowest BCUT2D eigenvalue weighted by Crippen LogP contribution is -2.14. The third-order valence-electron chi connectivity index (χ3n) is 3.20. The van der Waals surface area contributed by atoms with Gasteiger partial charge in [0, 0.05) is 17.9 Å². The number of rotatable bonds is 1. The van der Waals surface area contributed by atoms with Gasteiger partial charge in [-0.3, -0.25) is 0 Å². The summed E-state index contributed by atoms with van der Waals surface area (Å²) in [6.07, 6.45) is 1.01. The fourth-order valence-corrected chi connectivity index (χ4v) is 3.12. The maximum atomic E-state index is 6.28. The second-order valence-electron chi connectivity index (χ2n) is 4.36. The molecule has 4 heteroatoms. The van der Waals surface area contributed by atoms with Gasteiger partial charge in [-0.2, -0.15) is 0 Å². The van der Waals surface area contributed by atoms with Crippen LogP contribution in [0.25, 0.3) is 0 Å². The first-order valence-electron chi connectivity index (χ1n) is 5.77. The zero-order valence-corrected chi connectivity index (χ0v) is 11.2. The highest BCUT2D eigenvalue weighted by molar-refractivity contribution is 6.39. The van der Waals surface area contributed by atoms with E-state index >= 15 is 0 Å². The van der Waals surface area contributed by atoms with E-state index in [9.17, 15) is 0 Å². The number of para-hydroxylation sites is 1. The van der Waals surface area contributed by atoms with Crippen LogP contribution < -0.4 is 10.6 Å². The topological polar surface area (TPSA) is 29.3 Å². The first-order valence-corrected chi connectivity index (χ1v) is 6.52. The fraction of sp³-hybridized carbons (Fsp3) is 0.143. The molecule has 2 nitrogen and oxygen atoms in total. The lowest BCUT2D eigenvalue weighted by atomic mass is 10.2. The molecule has 0 aromatic heterocycles. The number of nitrogens with two attached hydrogens (primary N) is 1. The van der Waals surface area contributed by atoms with E-state index in [0.29, 0.717) is 15.7 Å². The largest absolute Gasteiger partial charge is 0.399 e. The number of fused-ring (bicyclic) bond motifs is 1. The number of hydrogen-bond donors (Lipinski definition) is 1. The van der Waals surface area contributed by atoms with E-state index in [2.05, 4.69) is 23.1 Å². The standard InChI is InChI=1S/C14H12Cl2N2/c15-11-7-10(17)8-12(16)14(11)18-6-5-9-3-1-2-4-13(9)18/h1-4,7-8H,5-6,17H2. The summed E-state index contributed by atoms with van der Waals surface area (Å²) in [6.45, 7) is 0.892. The van der Waals surface area contributed by atoms with Gasteiger partial charge in [0.2, 0.25) is 0 Å². The smallest absolute Gasteiger partial charge is 0.0791 e. The summed E-state index contributed by atoms with van der Waals surface area (Å²) >= 11 is 12.6. The van der Waals surface area contributed by atoms with Crippen LogP contribution in [-0.2, 0) is 6.42 Å². The van der Waals surface area contributed by atoms with Gasteiger partial charge in [0.25, 0.3) is 0 Å². The van der Waals surface area contributed by atoms with E-state index in [0.717, 1.165) is 18.7 Å². The minimum absolute atomic E-state index is 0.584. The maximum Gasteiger partial charge on any atom is 0.0791 e. The molecule has 2 aromatic carbocycles. The first kappa shape index (κ1) is 11.7. The van der Waals surface area contributed by atoms with Gasteiger partial charge in [-0.15, -0.1) is 0 Å². The van der Waals surface area contributed by atoms with Gasteiger partial charge in [-0.1, -0.05) is 41.4 Å². The van der Waals surface area contributed by atoms with Crippen LogP contribution in [0.5, 0.6) is 0 Å². The summed E-state index contributed by atoms with van der Waals surface area (Å²) in [5.41, 5.74) is 9.66. The zero-order valence-electron chi connectivity index (χ0n) is 9.66. The third-order valence-corrected chi connectivity index (χ3v) is 3.77. The van der Waals surface area contributed by atoms with Gasteiger partial charge >= 0.3 is 0 Å². The molecule has 1 heterocycles. The summed E-state index contributed by atoms with van der Waals surface area (Å²) in [6, 6.07) is 11.8. The Balaban J connectivity index is 2.13. The van der Waals surface area contributed by atoms with E-state index < -0.39 is 0 Å². The minimum Gasteiger partial charge on any atom is -0.399 e. The Morgan fingerprint density at radius 1 is 1.06 bits per heavy atom. The van der Waals surface area contributed by atoms with E-state index in [1.165, 1.54) is 11.3 Å². The molecule has 2 N–H and O–H groups in total. The molecular formula is C14H12Cl2N2. The molecule has 3 rings (SSSR count). The van der Waals surface area contributed by atoms with E-state index in [4.69, 9.17) is 28.9 Å². The fourth-order valence-electron chi connectivity index (χ4n) is 2.41. The third kappa shape index (κ3) is 1.82. The molecule has 0 fully saturated rings. The molecule has 18 heavy (non-hydrogen) atoms. The second kappa shape index (κ2) is 4.38. The van der Waals surface area contributed by atoms with Crippen molar-refractivity contribution in [2.75, 3.05) is 17.2 Å². The first-order chi connectivity index (χ1) is 8.66. The molecular weight excluding hydrogens is 267 g/mol. The quantitative estimate of drug-likeness (QED) is 0.790. The molecule has 0 saturated heterocycles. The highest BCUT2D eigenvalue weighted by Crippen LogP contribution is 2.43. The minimum atomic E-state index is 0.584. The van der Waals surface area contributed by atoms with Crippen LogP contribution in [0.3, 0.4) is 0 Å². The Morgan fingerprint density at radius 3 is 2.44 bits per heavy atom. The molecule has 0 atom stereocenters. The molecule has 0 saturated carbocycles. The van der Waals surface area contributed by atoms with Crippen molar-refractivity contribution < 1.29 is 0 Å². The summed E-state index contributed by atoms with van der Waals surface area (Å²) < 4.78 is 0. The van der Waals surface area contributed by atoms with Crippen LogP contribution in [-0.4, -0.2) is 6.54 Å². The van der Waals surface area contributed by atoms with Gasteiger partial charge in [0.05, 0.1) is 15.7 Å². The number of nitrogen functional groups attached to an aromatic ring is 1. The van der Waals surface area contributed by atoms with Crippen molar-refractivity contribution >= 4 is 40.3 Å². The Morgan fingerprint density at radius 2 is 1.72 bits per heavy atom. The highest BCUT2D eigenvalue weighted by atomic mass is 35.5. The van der Waals surface area contributed by atoms with Crippen molar-refractivity contribution in [2.45, 2.75) is 6.42 Å². The summed E-state index contributed by atoms with van der Waals surface area (Å²) in [4.78, 5) is 2.15. The van der Waals surface area contributed by atoms with Crippen molar-refractivity contribution in [1.29, 1.82) is 0 Å². The summed E-state index contributed by atoms with van der Waals surface area (Å²) in [5, 5.41) is 1.19. The monoisotopic (exact) mass is 278 g/mol. The Kier molecular flexibility index (Phi) is 2.84. The average Bonchev–Trinajstić information content (AvgIpc) is 2.72. The molecule has 92 valence electrons. The lowest BCUT2D eigenvalue weighted by molar-refractivity contribution is 0.999. The molecule has 0 radical (unpaired) electrons. The summed E-state index contributed by atoms with van der Waals surface area (Å²) in [5.74, 6) is 0. The van der Waals surface area contributed by atoms with Gasteiger partial charge in [0.15, 0.2) is 0 Å². The Labute approximate surface area is 116 Å². The highest BCUT2D eigenvalue weighted by Gasteiger charge is 2.23. The van der Waals surface area contributed by atoms with Crippen molar-refractivity contribution in [3.8, 4) is 0 Å². The van der Waals surface area contributed by atoms with Crippen molar-refractivity contribution in [1.82, 2.24) is 0 Å². The van der Waals surface area contributed by atoms with E-state index in [1.807, 2.05) is 6.07 Å². The number of hydrogen-bond acceptors (Lipinski definition) is 2. The summed E-state index contributed by atoms with van der Waals surface area (Å²) in [7, 11) is 0. The predicted octanol–water partition coefficient (Wildman–Crippen LogP) is 4.27. The number of nitrogens with zero attached hydrogens (tertiary/aromatic N) is 1. The molecule has 0 unspecified atom stereocenters. The maximum absolute atomic E-state index is 6.28.